The van der Waals surface area contributed by atoms with Gasteiger partial charge in [0.2, 0.25) is 5.91 Å². The highest BCUT2D eigenvalue weighted by molar-refractivity contribution is 6.31. The Morgan fingerprint density at radius 1 is 1.46 bits per heavy atom. The van der Waals surface area contributed by atoms with Crippen LogP contribution in [0.15, 0.2) is 4.52 Å². The smallest absolute Gasteiger partial charge is 0.255 e. The number of ether oxygens (including phenoxy) is 1. The van der Waals surface area contributed by atoms with Crippen molar-refractivity contribution in [1.82, 2.24) is 25.2 Å². The van der Waals surface area contributed by atoms with Crippen LogP contribution in [0.2, 0.25) is 5.02 Å². The Hall–Kier alpha value is -1.93. The molecule has 1 N–H and O–H groups in total. The van der Waals surface area contributed by atoms with Gasteiger partial charge in [0.15, 0.2) is 5.82 Å². The van der Waals surface area contributed by atoms with Gasteiger partial charge >= 0.3 is 0 Å². The average Bonchev–Trinajstić information content (AvgIpc) is 3.27. The Morgan fingerprint density at radius 2 is 2.29 bits per heavy atom. The summed E-state index contributed by atoms with van der Waals surface area (Å²) in [5.41, 5.74) is 1.50. The first-order chi connectivity index (χ1) is 11.5. The van der Waals surface area contributed by atoms with Crippen LogP contribution in [0.25, 0.3) is 0 Å². The number of aryl methyl sites for hydroxylation is 1. The Kier molecular flexibility index (Phi) is 5.15. The zero-order chi connectivity index (χ0) is 17.1. The molecule has 0 bridgehead atoms. The van der Waals surface area contributed by atoms with Gasteiger partial charge in [0.1, 0.15) is 12.6 Å². The van der Waals surface area contributed by atoms with Gasteiger partial charge in [0, 0.05) is 19.6 Å². The molecule has 0 unspecified atom stereocenters. The van der Waals surface area contributed by atoms with Gasteiger partial charge in [0.05, 0.1) is 16.4 Å². The largest absolute Gasteiger partial charge is 0.368 e. The topological polar surface area (TPSA) is 95.1 Å². The summed E-state index contributed by atoms with van der Waals surface area (Å²) >= 11 is 6.07. The van der Waals surface area contributed by atoms with E-state index in [9.17, 15) is 4.79 Å². The summed E-state index contributed by atoms with van der Waals surface area (Å²) in [7, 11) is 0. The van der Waals surface area contributed by atoms with Gasteiger partial charge in [-0.15, -0.1) is 0 Å². The SMILES string of the molecule is Cc1nn(CC(=O)NCCc2noc([C@@H]3CCCO3)n2)c(C)c1Cl. The van der Waals surface area contributed by atoms with Crippen LogP contribution in [-0.2, 0) is 22.5 Å². The number of halogens is 1. The van der Waals surface area contributed by atoms with Gasteiger partial charge in [-0.2, -0.15) is 10.1 Å². The second-order valence-electron chi connectivity index (χ2n) is 5.79. The number of amides is 1. The summed E-state index contributed by atoms with van der Waals surface area (Å²) in [6, 6.07) is 0. The molecule has 0 radical (unpaired) electrons. The maximum Gasteiger partial charge on any atom is 0.255 e. The van der Waals surface area contributed by atoms with Crippen LogP contribution in [0.1, 0.15) is 42.0 Å². The van der Waals surface area contributed by atoms with E-state index in [0.29, 0.717) is 29.7 Å². The van der Waals surface area contributed by atoms with Crippen LogP contribution in [-0.4, -0.2) is 39.0 Å². The third kappa shape index (κ3) is 3.76. The van der Waals surface area contributed by atoms with E-state index < -0.39 is 0 Å². The number of aromatic nitrogens is 4. The minimum atomic E-state index is -0.139. The number of hydrogen-bond acceptors (Lipinski definition) is 6. The lowest BCUT2D eigenvalue weighted by atomic mass is 10.2. The van der Waals surface area contributed by atoms with Gasteiger partial charge < -0.3 is 14.6 Å². The first-order valence-electron chi connectivity index (χ1n) is 7.95. The third-order valence-corrected chi connectivity index (χ3v) is 4.49. The molecule has 2 aromatic rings. The van der Waals surface area contributed by atoms with Crippen LogP contribution in [0.5, 0.6) is 0 Å². The average molecular weight is 354 g/mol. The molecular weight excluding hydrogens is 334 g/mol. The fourth-order valence-electron chi connectivity index (χ4n) is 2.61. The lowest BCUT2D eigenvalue weighted by molar-refractivity contribution is -0.121. The van der Waals surface area contributed by atoms with Crippen molar-refractivity contribution < 1.29 is 14.1 Å². The molecule has 1 aliphatic heterocycles. The molecule has 1 saturated heterocycles. The number of nitrogens with zero attached hydrogens (tertiary/aromatic N) is 4. The first kappa shape index (κ1) is 16.9. The number of hydrogen-bond donors (Lipinski definition) is 1. The number of carbonyl (C=O) groups is 1. The van der Waals surface area contributed by atoms with E-state index in [1.54, 1.807) is 4.68 Å². The lowest BCUT2D eigenvalue weighted by Crippen LogP contribution is -2.30. The Balaban J connectivity index is 1.46. The molecule has 2 aromatic heterocycles. The minimum absolute atomic E-state index is 0.0865. The lowest BCUT2D eigenvalue weighted by Gasteiger charge is -2.05. The predicted molar refractivity (Wildman–Crippen MR) is 85.6 cm³/mol. The fraction of sp³-hybridized carbons (Fsp3) is 0.600. The van der Waals surface area contributed by atoms with E-state index in [0.717, 1.165) is 30.8 Å². The predicted octanol–water partition coefficient (Wildman–Crippen LogP) is 1.75. The van der Waals surface area contributed by atoms with Crippen molar-refractivity contribution in [3.05, 3.63) is 28.1 Å². The van der Waals surface area contributed by atoms with Crippen molar-refractivity contribution in [3.63, 3.8) is 0 Å². The van der Waals surface area contributed by atoms with Gasteiger partial charge in [-0.3, -0.25) is 9.48 Å². The summed E-state index contributed by atoms with van der Waals surface area (Å²) < 4.78 is 12.3. The maximum absolute atomic E-state index is 12.0. The highest BCUT2D eigenvalue weighted by Crippen LogP contribution is 2.26. The van der Waals surface area contributed by atoms with Gasteiger partial charge in [0.25, 0.3) is 5.89 Å². The zero-order valence-electron chi connectivity index (χ0n) is 13.7. The van der Waals surface area contributed by atoms with Crippen molar-refractivity contribution in [2.24, 2.45) is 0 Å². The first-order valence-corrected chi connectivity index (χ1v) is 8.32. The summed E-state index contributed by atoms with van der Waals surface area (Å²) in [5, 5.41) is 11.6. The van der Waals surface area contributed by atoms with Crippen LogP contribution in [0.4, 0.5) is 0 Å². The molecular formula is C15H20ClN5O3. The maximum atomic E-state index is 12.0. The molecule has 0 aromatic carbocycles. The van der Waals surface area contributed by atoms with Crippen LogP contribution in [0, 0.1) is 13.8 Å². The Bertz CT molecular complexity index is 721. The standard InChI is InChI=1S/C15H20ClN5O3/c1-9-14(16)10(2)21(19-9)8-13(22)17-6-5-12-18-15(24-20-12)11-4-3-7-23-11/h11H,3-8H2,1-2H3,(H,17,22)/t11-/m0/s1. The van der Waals surface area contributed by atoms with E-state index in [-0.39, 0.29) is 18.6 Å². The van der Waals surface area contributed by atoms with Crippen molar-refractivity contribution in [2.75, 3.05) is 13.2 Å². The molecule has 8 nitrogen and oxygen atoms in total. The third-order valence-electron chi connectivity index (χ3n) is 3.95. The molecule has 0 saturated carbocycles. The minimum Gasteiger partial charge on any atom is -0.368 e. The van der Waals surface area contributed by atoms with Crippen molar-refractivity contribution in [2.45, 2.75) is 45.8 Å². The van der Waals surface area contributed by atoms with E-state index >= 15 is 0 Å². The van der Waals surface area contributed by atoms with Gasteiger partial charge in [-0.05, 0) is 26.7 Å². The highest BCUT2D eigenvalue weighted by Gasteiger charge is 2.23. The molecule has 3 rings (SSSR count). The second-order valence-corrected chi connectivity index (χ2v) is 6.17. The normalized spacial score (nSPS) is 17.4. The number of rotatable bonds is 6. The monoisotopic (exact) mass is 353 g/mol. The molecule has 1 amide bonds. The molecule has 1 aliphatic rings. The van der Waals surface area contributed by atoms with E-state index in [1.807, 2.05) is 13.8 Å². The summed E-state index contributed by atoms with van der Waals surface area (Å²) in [6.45, 7) is 4.94. The molecule has 0 aliphatic carbocycles. The van der Waals surface area contributed by atoms with Crippen molar-refractivity contribution in [1.29, 1.82) is 0 Å². The second kappa shape index (κ2) is 7.31. The molecule has 9 heteroatoms. The van der Waals surface area contributed by atoms with Gasteiger partial charge in [-0.25, -0.2) is 0 Å². The number of nitrogens with one attached hydrogen (secondary N) is 1. The molecule has 0 spiro atoms. The molecule has 1 atom stereocenters. The molecule has 130 valence electrons. The van der Waals surface area contributed by atoms with E-state index in [4.69, 9.17) is 20.9 Å². The van der Waals surface area contributed by atoms with E-state index in [2.05, 4.69) is 20.6 Å². The summed E-state index contributed by atoms with van der Waals surface area (Å²) in [6.07, 6.45) is 2.33. The molecule has 3 heterocycles. The zero-order valence-corrected chi connectivity index (χ0v) is 14.5. The quantitative estimate of drug-likeness (QED) is 0.850. The van der Waals surface area contributed by atoms with Crippen molar-refractivity contribution in [3.8, 4) is 0 Å². The highest BCUT2D eigenvalue weighted by atomic mass is 35.5. The molecule has 24 heavy (non-hydrogen) atoms. The van der Waals surface area contributed by atoms with Crippen LogP contribution in [0.3, 0.4) is 0 Å². The van der Waals surface area contributed by atoms with Crippen molar-refractivity contribution >= 4 is 17.5 Å². The van der Waals surface area contributed by atoms with Crippen LogP contribution < -0.4 is 5.32 Å². The van der Waals surface area contributed by atoms with Gasteiger partial charge in [-0.1, -0.05) is 16.8 Å². The molecule has 1 fully saturated rings. The van der Waals surface area contributed by atoms with Crippen LogP contribution >= 0.6 is 11.6 Å². The Morgan fingerprint density at radius 3 is 2.96 bits per heavy atom. The fourth-order valence-corrected chi connectivity index (χ4v) is 2.74. The Labute approximate surface area is 144 Å². The van der Waals surface area contributed by atoms with E-state index in [1.165, 1.54) is 0 Å². The summed E-state index contributed by atoms with van der Waals surface area (Å²) in [5.74, 6) is 0.946. The summed E-state index contributed by atoms with van der Waals surface area (Å²) in [4.78, 5) is 16.3. The number of carbonyl (C=O) groups excluding carboxylic acids is 1.